The molecule has 27 heavy (non-hydrogen) atoms. The number of aliphatic hydroxyl groups is 1. The standard InChI is InChI=1S/C18H24N4O4S/c1-26-14-9-11(16(24)20-6-7-23)2-4-12(14)21-17(25)10-3-5-15-13(8-10)22-18(19)27-15/h3,5,8,11-12,14,23H,2,4,6-7,9H2,1H3,(H2,19,22)(H,20,24)(H,21,25)/t11-,12-,14-/m0/s1. The molecule has 1 heterocycles. The Labute approximate surface area is 161 Å². The lowest BCUT2D eigenvalue weighted by atomic mass is 9.83. The maximum absolute atomic E-state index is 12.7. The number of carbonyl (C=O) groups is 2. The molecule has 1 aliphatic carbocycles. The number of amides is 2. The Balaban J connectivity index is 1.63. The Hall–Kier alpha value is -2.23. The number of nitrogens with one attached hydrogen (secondary N) is 2. The average molecular weight is 392 g/mol. The van der Waals surface area contributed by atoms with Gasteiger partial charge in [0, 0.05) is 25.1 Å². The van der Waals surface area contributed by atoms with E-state index in [1.807, 2.05) is 6.07 Å². The van der Waals surface area contributed by atoms with Gasteiger partial charge in [-0.1, -0.05) is 11.3 Å². The average Bonchev–Trinajstić information content (AvgIpc) is 3.05. The van der Waals surface area contributed by atoms with E-state index < -0.39 is 0 Å². The zero-order valence-corrected chi connectivity index (χ0v) is 15.9. The molecule has 0 unspecified atom stereocenters. The van der Waals surface area contributed by atoms with Gasteiger partial charge in [0.25, 0.3) is 5.91 Å². The van der Waals surface area contributed by atoms with E-state index in [1.165, 1.54) is 11.3 Å². The van der Waals surface area contributed by atoms with Crippen molar-refractivity contribution in [2.24, 2.45) is 5.92 Å². The highest BCUT2D eigenvalue weighted by molar-refractivity contribution is 7.22. The molecule has 1 aliphatic rings. The number of nitrogens with two attached hydrogens (primary N) is 1. The number of anilines is 1. The molecule has 3 atom stereocenters. The first-order valence-corrected chi connectivity index (χ1v) is 9.71. The molecule has 1 fully saturated rings. The molecular weight excluding hydrogens is 368 g/mol. The molecule has 0 saturated heterocycles. The van der Waals surface area contributed by atoms with Crippen molar-refractivity contribution in [1.82, 2.24) is 15.6 Å². The molecule has 1 aromatic carbocycles. The van der Waals surface area contributed by atoms with Crippen LogP contribution < -0.4 is 16.4 Å². The number of hydrogen-bond donors (Lipinski definition) is 4. The van der Waals surface area contributed by atoms with Gasteiger partial charge in [-0.25, -0.2) is 4.98 Å². The second kappa shape index (κ2) is 8.64. The van der Waals surface area contributed by atoms with Crippen LogP contribution in [0.3, 0.4) is 0 Å². The van der Waals surface area contributed by atoms with Gasteiger partial charge in [-0.05, 0) is 37.5 Å². The van der Waals surface area contributed by atoms with Gasteiger partial charge in [0.15, 0.2) is 5.13 Å². The predicted octanol–water partition coefficient (Wildman–Crippen LogP) is 0.900. The fourth-order valence-corrected chi connectivity index (χ4v) is 4.17. The lowest BCUT2D eigenvalue weighted by Crippen LogP contribution is -2.50. The number of nitrogen functional groups attached to an aromatic ring is 1. The maximum atomic E-state index is 12.7. The molecule has 2 amide bonds. The quantitative estimate of drug-likeness (QED) is 0.579. The molecule has 1 saturated carbocycles. The minimum absolute atomic E-state index is 0.0811. The van der Waals surface area contributed by atoms with Crippen LogP contribution in [-0.2, 0) is 9.53 Å². The number of ether oxygens (including phenoxy) is 1. The summed E-state index contributed by atoms with van der Waals surface area (Å²) >= 11 is 1.38. The van der Waals surface area contributed by atoms with Gasteiger partial charge in [0.2, 0.25) is 5.91 Å². The molecule has 0 aliphatic heterocycles. The molecule has 0 spiro atoms. The lowest BCUT2D eigenvalue weighted by Gasteiger charge is -2.35. The van der Waals surface area contributed by atoms with E-state index >= 15 is 0 Å². The Kier molecular flexibility index (Phi) is 6.25. The fraction of sp³-hybridized carbons (Fsp3) is 0.500. The van der Waals surface area contributed by atoms with Crippen molar-refractivity contribution >= 4 is 38.5 Å². The van der Waals surface area contributed by atoms with Crippen LogP contribution in [0.15, 0.2) is 18.2 Å². The molecular formula is C18H24N4O4S. The van der Waals surface area contributed by atoms with Crippen LogP contribution in [0.5, 0.6) is 0 Å². The number of aliphatic hydroxyl groups excluding tert-OH is 1. The van der Waals surface area contributed by atoms with Gasteiger partial charge in [0.1, 0.15) is 0 Å². The number of rotatable bonds is 6. The number of benzene rings is 1. The van der Waals surface area contributed by atoms with E-state index in [4.69, 9.17) is 15.6 Å². The molecule has 0 bridgehead atoms. The van der Waals surface area contributed by atoms with E-state index in [0.29, 0.717) is 35.5 Å². The third-order valence-corrected chi connectivity index (χ3v) is 5.72. The van der Waals surface area contributed by atoms with Crippen LogP contribution >= 0.6 is 11.3 Å². The highest BCUT2D eigenvalue weighted by atomic mass is 32.1. The Morgan fingerprint density at radius 2 is 2.22 bits per heavy atom. The summed E-state index contributed by atoms with van der Waals surface area (Å²) in [5, 5.41) is 15.0. The van der Waals surface area contributed by atoms with E-state index in [0.717, 1.165) is 4.70 Å². The summed E-state index contributed by atoms with van der Waals surface area (Å²) < 4.78 is 6.47. The molecule has 9 heteroatoms. The number of fused-ring (bicyclic) bond motifs is 1. The largest absolute Gasteiger partial charge is 0.395 e. The number of aromatic nitrogens is 1. The van der Waals surface area contributed by atoms with Gasteiger partial charge < -0.3 is 26.2 Å². The molecule has 146 valence electrons. The lowest BCUT2D eigenvalue weighted by molar-refractivity contribution is -0.128. The van der Waals surface area contributed by atoms with E-state index in [9.17, 15) is 9.59 Å². The summed E-state index contributed by atoms with van der Waals surface area (Å²) in [7, 11) is 1.59. The molecule has 1 aromatic heterocycles. The minimum atomic E-state index is -0.244. The summed E-state index contributed by atoms with van der Waals surface area (Å²) in [6.45, 7) is 0.163. The SMILES string of the molecule is CO[C@H]1C[C@@H](C(=O)NCCO)CC[C@@H]1NC(=O)c1ccc2sc(N)nc2c1. The van der Waals surface area contributed by atoms with Crippen molar-refractivity contribution in [1.29, 1.82) is 0 Å². The van der Waals surface area contributed by atoms with Gasteiger partial charge in [-0.2, -0.15) is 0 Å². The van der Waals surface area contributed by atoms with Gasteiger partial charge in [-0.3, -0.25) is 9.59 Å². The fourth-order valence-electron chi connectivity index (χ4n) is 3.45. The second-order valence-corrected chi connectivity index (χ2v) is 7.68. The molecule has 5 N–H and O–H groups in total. The Bertz CT molecular complexity index is 825. The van der Waals surface area contributed by atoms with E-state index in [-0.39, 0.29) is 43.0 Å². The van der Waals surface area contributed by atoms with Crippen molar-refractivity contribution in [3.8, 4) is 0 Å². The van der Waals surface area contributed by atoms with Crippen LogP contribution in [-0.4, -0.2) is 54.3 Å². The normalized spacial score (nSPS) is 22.5. The number of thiazole rings is 1. The predicted molar refractivity (Wildman–Crippen MR) is 104 cm³/mol. The van der Waals surface area contributed by atoms with Crippen LogP contribution in [0.25, 0.3) is 10.2 Å². The van der Waals surface area contributed by atoms with Crippen LogP contribution in [0.2, 0.25) is 0 Å². The first-order chi connectivity index (χ1) is 13.0. The number of carbonyl (C=O) groups excluding carboxylic acids is 2. The summed E-state index contributed by atoms with van der Waals surface area (Å²) in [5.74, 6) is -0.454. The molecule has 0 radical (unpaired) electrons. The summed E-state index contributed by atoms with van der Waals surface area (Å²) in [6, 6.07) is 5.16. The van der Waals surface area contributed by atoms with Crippen molar-refractivity contribution < 1.29 is 19.4 Å². The van der Waals surface area contributed by atoms with Crippen molar-refractivity contribution in [3.63, 3.8) is 0 Å². The smallest absolute Gasteiger partial charge is 0.251 e. The summed E-state index contributed by atoms with van der Waals surface area (Å²) in [6.07, 6.45) is 1.59. The van der Waals surface area contributed by atoms with Crippen LogP contribution in [0, 0.1) is 5.92 Å². The number of hydrogen-bond acceptors (Lipinski definition) is 7. The monoisotopic (exact) mass is 392 g/mol. The van der Waals surface area contributed by atoms with Gasteiger partial charge >= 0.3 is 0 Å². The Morgan fingerprint density at radius 1 is 1.41 bits per heavy atom. The van der Waals surface area contributed by atoms with E-state index in [1.54, 1.807) is 19.2 Å². The Morgan fingerprint density at radius 3 is 2.96 bits per heavy atom. The first kappa shape index (κ1) is 19.5. The molecule has 3 rings (SSSR count). The zero-order chi connectivity index (χ0) is 19.4. The second-order valence-electron chi connectivity index (χ2n) is 6.61. The van der Waals surface area contributed by atoms with Crippen molar-refractivity contribution in [2.75, 3.05) is 26.0 Å². The molecule has 2 aromatic rings. The summed E-state index contributed by atoms with van der Waals surface area (Å²) in [5.41, 5.74) is 6.94. The van der Waals surface area contributed by atoms with Crippen LogP contribution in [0.4, 0.5) is 5.13 Å². The third-order valence-electron chi connectivity index (χ3n) is 4.86. The van der Waals surface area contributed by atoms with Crippen LogP contribution in [0.1, 0.15) is 29.6 Å². The topological polar surface area (TPSA) is 127 Å². The highest BCUT2D eigenvalue weighted by Crippen LogP contribution is 2.28. The molecule has 8 nitrogen and oxygen atoms in total. The number of methoxy groups -OCH3 is 1. The van der Waals surface area contributed by atoms with Crippen molar-refractivity contribution in [3.05, 3.63) is 23.8 Å². The summed E-state index contributed by atoms with van der Waals surface area (Å²) in [4.78, 5) is 29.0. The van der Waals surface area contributed by atoms with Gasteiger partial charge in [0.05, 0.1) is 29.0 Å². The number of nitrogens with zero attached hydrogens (tertiary/aromatic N) is 1. The zero-order valence-electron chi connectivity index (χ0n) is 15.1. The van der Waals surface area contributed by atoms with Crippen molar-refractivity contribution in [2.45, 2.75) is 31.4 Å². The maximum Gasteiger partial charge on any atom is 0.251 e. The third kappa shape index (κ3) is 4.55. The minimum Gasteiger partial charge on any atom is -0.395 e. The first-order valence-electron chi connectivity index (χ1n) is 8.90. The van der Waals surface area contributed by atoms with Gasteiger partial charge in [-0.15, -0.1) is 0 Å². The highest BCUT2D eigenvalue weighted by Gasteiger charge is 2.34. The van der Waals surface area contributed by atoms with E-state index in [2.05, 4.69) is 15.6 Å².